The van der Waals surface area contributed by atoms with Crippen LogP contribution >= 0.6 is 22.6 Å². The number of ether oxygens (including phenoxy) is 1. The summed E-state index contributed by atoms with van der Waals surface area (Å²) in [5, 5.41) is 19.2. The maximum Gasteiger partial charge on any atom is 0.330 e. The van der Waals surface area contributed by atoms with Gasteiger partial charge in [0, 0.05) is 11.8 Å². The van der Waals surface area contributed by atoms with Crippen LogP contribution in [0.3, 0.4) is 0 Å². The average molecular weight is 382 g/mol. The molecule has 1 aliphatic rings. The highest BCUT2D eigenvalue weighted by Crippen LogP contribution is 2.33. The van der Waals surface area contributed by atoms with Crippen molar-refractivity contribution >= 4 is 22.6 Å². The van der Waals surface area contributed by atoms with Crippen molar-refractivity contribution in [1.29, 1.82) is 0 Å². The summed E-state index contributed by atoms with van der Waals surface area (Å²) in [6, 6.07) is 0. The minimum absolute atomic E-state index is 0.236. The van der Waals surface area contributed by atoms with E-state index in [1.54, 1.807) is 6.92 Å². The second-order valence-corrected chi connectivity index (χ2v) is 5.80. The first-order chi connectivity index (χ1) is 8.99. The van der Waals surface area contributed by atoms with Gasteiger partial charge in [0.1, 0.15) is 6.10 Å². The fourth-order valence-corrected chi connectivity index (χ4v) is 2.81. The summed E-state index contributed by atoms with van der Waals surface area (Å²) in [7, 11) is 0. The Morgan fingerprint density at radius 1 is 1.53 bits per heavy atom. The fourth-order valence-electron chi connectivity index (χ4n) is 2.05. The fraction of sp³-hybridized carbons (Fsp3) is 0.636. The average Bonchev–Trinajstić information content (AvgIpc) is 2.67. The molecule has 8 heteroatoms. The van der Waals surface area contributed by atoms with E-state index in [2.05, 4.69) is 4.98 Å². The largest absolute Gasteiger partial charge is 0.394 e. The van der Waals surface area contributed by atoms with E-state index in [1.165, 1.54) is 10.8 Å². The molecule has 3 N–H and O–H groups in total. The van der Waals surface area contributed by atoms with Crippen LogP contribution in [0.5, 0.6) is 0 Å². The standard InChI is InChI=1S/C11H15IN2O5/c1-2-5-3-14(11(18)13-9(5)17)10-8(16)7(12)6(4-15)19-10/h3,6-8,10,15-16H,2,4H2,1H3,(H,13,17,18)/t6-,7?,8?,10-/m0/s1. The van der Waals surface area contributed by atoms with Gasteiger partial charge in [-0.25, -0.2) is 4.79 Å². The first kappa shape index (κ1) is 14.7. The molecule has 0 aliphatic carbocycles. The molecular formula is C11H15IN2O5. The lowest BCUT2D eigenvalue weighted by Crippen LogP contribution is -2.37. The van der Waals surface area contributed by atoms with Crippen LogP contribution in [0.4, 0.5) is 0 Å². The molecule has 2 rings (SSSR count). The molecule has 1 aromatic rings. The van der Waals surface area contributed by atoms with Gasteiger partial charge in [-0.1, -0.05) is 29.5 Å². The number of aryl methyl sites for hydroxylation is 1. The molecule has 0 spiro atoms. The van der Waals surface area contributed by atoms with Crippen molar-refractivity contribution in [3.63, 3.8) is 0 Å². The Labute approximate surface area is 122 Å². The van der Waals surface area contributed by atoms with Gasteiger partial charge in [0.25, 0.3) is 5.56 Å². The van der Waals surface area contributed by atoms with E-state index in [4.69, 9.17) is 9.84 Å². The summed E-state index contributed by atoms with van der Waals surface area (Å²) in [6.07, 6.45) is -0.488. The van der Waals surface area contributed by atoms with Gasteiger partial charge in [0.05, 0.1) is 16.6 Å². The molecular weight excluding hydrogens is 367 g/mol. The lowest BCUT2D eigenvalue weighted by Gasteiger charge is -2.17. The SMILES string of the molecule is CCc1cn([C@H]2O[C@@H](CO)C(I)C2O)c(=O)[nH]c1=O. The molecule has 0 amide bonds. The lowest BCUT2D eigenvalue weighted by atomic mass is 10.2. The Balaban J connectivity index is 2.43. The zero-order chi connectivity index (χ0) is 14.2. The third-order valence-corrected chi connectivity index (χ3v) is 4.70. The first-order valence-corrected chi connectivity index (χ1v) is 7.17. The number of halogens is 1. The second kappa shape index (κ2) is 5.73. The van der Waals surface area contributed by atoms with Gasteiger partial charge in [-0.3, -0.25) is 14.3 Å². The number of aliphatic hydroxyl groups excluding tert-OH is 2. The van der Waals surface area contributed by atoms with Crippen molar-refractivity contribution in [3.8, 4) is 0 Å². The molecule has 4 atom stereocenters. The maximum atomic E-state index is 11.8. The highest BCUT2D eigenvalue weighted by Gasteiger charge is 2.43. The Hall–Kier alpha value is -0.710. The summed E-state index contributed by atoms with van der Waals surface area (Å²) < 4.78 is 6.32. The third-order valence-electron chi connectivity index (χ3n) is 3.16. The zero-order valence-corrected chi connectivity index (χ0v) is 12.4. The number of rotatable bonds is 3. The lowest BCUT2D eigenvalue weighted by molar-refractivity contribution is -0.0531. The highest BCUT2D eigenvalue weighted by atomic mass is 127. The number of alkyl halides is 1. The summed E-state index contributed by atoms with van der Waals surface area (Å²) in [5.41, 5.74) is -0.623. The van der Waals surface area contributed by atoms with Crippen molar-refractivity contribution in [2.75, 3.05) is 6.61 Å². The smallest absolute Gasteiger partial charge is 0.330 e. The molecule has 2 unspecified atom stereocenters. The monoisotopic (exact) mass is 382 g/mol. The van der Waals surface area contributed by atoms with Gasteiger partial charge >= 0.3 is 5.69 Å². The van der Waals surface area contributed by atoms with Crippen LogP contribution in [-0.4, -0.2) is 42.5 Å². The number of aliphatic hydroxyl groups is 2. The van der Waals surface area contributed by atoms with E-state index in [-0.39, 0.29) is 10.5 Å². The van der Waals surface area contributed by atoms with Crippen LogP contribution in [0.2, 0.25) is 0 Å². The predicted molar refractivity (Wildman–Crippen MR) is 75.5 cm³/mol. The molecule has 7 nitrogen and oxygen atoms in total. The van der Waals surface area contributed by atoms with Crippen LogP contribution in [0.15, 0.2) is 15.8 Å². The van der Waals surface area contributed by atoms with Crippen molar-refractivity contribution in [2.24, 2.45) is 0 Å². The Bertz CT molecular complexity index is 569. The Morgan fingerprint density at radius 3 is 2.74 bits per heavy atom. The summed E-state index contributed by atoms with van der Waals surface area (Å²) in [5.74, 6) is 0. The molecule has 1 saturated heterocycles. The number of aromatic amines is 1. The van der Waals surface area contributed by atoms with Gasteiger partial charge in [0.2, 0.25) is 0 Å². The Kier molecular flexibility index (Phi) is 4.43. The topological polar surface area (TPSA) is 105 Å². The summed E-state index contributed by atoms with van der Waals surface area (Å²) in [6.45, 7) is 1.56. The van der Waals surface area contributed by atoms with E-state index >= 15 is 0 Å². The third kappa shape index (κ3) is 2.62. The molecule has 0 aromatic carbocycles. The molecule has 106 valence electrons. The van der Waals surface area contributed by atoms with Crippen molar-refractivity contribution in [3.05, 3.63) is 32.6 Å². The number of hydrogen-bond donors (Lipinski definition) is 3. The number of nitrogens with one attached hydrogen (secondary N) is 1. The molecule has 2 heterocycles. The number of hydrogen-bond acceptors (Lipinski definition) is 5. The van der Waals surface area contributed by atoms with E-state index in [9.17, 15) is 14.7 Å². The van der Waals surface area contributed by atoms with E-state index < -0.39 is 29.7 Å². The van der Waals surface area contributed by atoms with Crippen LogP contribution in [0.1, 0.15) is 18.7 Å². The maximum absolute atomic E-state index is 11.8. The van der Waals surface area contributed by atoms with Crippen molar-refractivity contribution < 1.29 is 14.9 Å². The van der Waals surface area contributed by atoms with Gasteiger partial charge in [0.15, 0.2) is 6.23 Å². The molecule has 0 bridgehead atoms. The van der Waals surface area contributed by atoms with E-state index in [0.29, 0.717) is 12.0 Å². The van der Waals surface area contributed by atoms with Gasteiger partial charge in [-0.05, 0) is 6.42 Å². The quantitative estimate of drug-likeness (QED) is 0.467. The minimum Gasteiger partial charge on any atom is -0.394 e. The predicted octanol–water partition coefficient (Wildman–Crippen LogP) is -0.847. The summed E-state index contributed by atoms with van der Waals surface area (Å²) >= 11 is 1.98. The molecule has 0 saturated carbocycles. The molecule has 19 heavy (non-hydrogen) atoms. The normalized spacial score (nSPS) is 30.7. The Morgan fingerprint density at radius 2 is 2.21 bits per heavy atom. The first-order valence-electron chi connectivity index (χ1n) is 5.92. The minimum atomic E-state index is -0.925. The zero-order valence-electron chi connectivity index (χ0n) is 10.2. The molecule has 1 fully saturated rings. The number of H-pyrrole nitrogens is 1. The van der Waals surface area contributed by atoms with Gasteiger partial charge < -0.3 is 14.9 Å². The summed E-state index contributed by atoms with van der Waals surface area (Å²) in [4.78, 5) is 25.5. The molecule has 0 radical (unpaired) electrons. The van der Waals surface area contributed by atoms with E-state index in [0.717, 1.165) is 0 Å². The van der Waals surface area contributed by atoms with Crippen LogP contribution in [0, 0.1) is 0 Å². The highest BCUT2D eigenvalue weighted by molar-refractivity contribution is 14.1. The number of aromatic nitrogens is 2. The molecule has 1 aromatic heterocycles. The van der Waals surface area contributed by atoms with Gasteiger partial charge in [-0.15, -0.1) is 0 Å². The van der Waals surface area contributed by atoms with Crippen LogP contribution in [0.25, 0.3) is 0 Å². The molecule has 1 aliphatic heterocycles. The van der Waals surface area contributed by atoms with Gasteiger partial charge in [-0.2, -0.15) is 0 Å². The second-order valence-electron chi connectivity index (χ2n) is 4.36. The van der Waals surface area contributed by atoms with Crippen molar-refractivity contribution in [2.45, 2.75) is 35.7 Å². The van der Waals surface area contributed by atoms with Crippen LogP contribution in [-0.2, 0) is 11.2 Å². The van der Waals surface area contributed by atoms with Crippen molar-refractivity contribution in [1.82, 2.24) is 9.55 Å². The van der Waals surface area contributed by atoms with E-state index in [1.807, 2.05) is 22.6 Å². The number of nitrogens with zero attached hydrogens (tertiary/aromatic N) is 1. The van der Waals surface area contributed by atoms with Crippen LogP contribution < -0.4 is 11.2 Å².